The third-order valence-electron chi connectivity index (χ3n) is 3.88. The van der Waals surface area contributed by atoms with E-state index in [4.69, 9.17) is 18.9 Å². The molecule has 8 nitrogen and oxygen atoms in total. The second-order valence-electron chi connectivity index (χ2n) is 7.50. The van der Waals surface area contributed by atoms with Crippen LogP contribution in [0.5, 0.6) is 0 Å². The van der Waals surface area contributed by atoms with Gasteiger partial charge in [-0.1, -0.05) is 6.42 Å². The Labute approximate surface area is 167 Å². The Morgan fingerprint density at radius 3 is 1.61 bits per heavy atom. The Balaban J connectivity index is 5.28. The van der Waals surface area contributed by atoms with Crippen molar-refractivity contribution in [3.8, 4) is 0 Å². The quantitative estimate of drug-likeness (QED) is 0.295. The van der Waals surface area contributed by atoms with Crippen LogP contribution in [0.1, 0.15) is 67.7 Å². The van der Waals surface area contributed by atoms with Crippen molar-refractivity contribution >= 4 is 23.9 Å². The van der Waals surface area contributed by atoms with Gasteiger partial charge in [-0.2, -0.15) is 0 Å². The summed E-state index contributed by atoms with van der Waals surface area (Å²) >= 11 is 0. The molecule has 0 radical (unpaired) electrons. The fourth-order valence-corrected chi connectivity index (χ4v) is 2.48. The molecular weight excluding hydrogens is 368 g/mol. The van der Waals surface area contributed by atoms with Crippen LogP contribution < -0.4 is 0 Å². The Kier molecular flexibility index (Phi) is 10.8. The van der Waals surface area contributed by atoms with E-state index in [1.807, 2.05) is 0 Å². The Morgan fingerprint density at radius 2 is 1.21 bits per heavy atom. The summed E-state index contributed by atoms with van der Waals surface area (Å²) in [5.74, 6) is -3.91. The molecule has 0 aromatic rings. The Hall–Kier alpha value is -2.12. The maximum Gasteiger partial charge on any atom is 0.323 e. The van der Waals surface area contributed by atoms with Gasteiger partial charge in [0.1, 0.15) is 5.60 Å². The molecule has 0 fully saturated rings. The molecule has 0 aliphatic carbocycles. The first kappa shape index (κ1) is 25.9. The van der Waals surface area contributed by atoms with E-state index >= 15 is 0 Å². The molecule has 8 heteroatoms. The summed E-state index contributed by atoms with van der Waals surface area (Å²) in [6, 6.07) is 0. The SMILES string of the molecule is CCOC(=O)C(CCCC(C)(C(=O)OCC)C(=O)OCC)C(=O)OC(C)(C)C. The Bertz CT molecular complexity index is 529. The van der Waals surface area contributed by atoms with Crippen molar-refractivity contribution in [1.29, 1.82) is 0 Å². The summed E-state index contributed by atoms with van der Waals surface area (Å²) in [7, 11) is 0. The Morgan fingerprint density at radius 1 is 0.750 bits per heavy atom. The average Bonchev–Trinajstić information content (AvgIpc) is 2.57. The molecular formula is C20H34O8. The van der Waals surface area contributed by atoms with Gasteiger partial charge in [0.05, 0.1) is 19.8 Å². The molecule has 0 spiro atoms. The van der Waals surface area contributed by atoms with Crippen molar-refractivity contribution in [2.75, 3.05) is 19.8 Å². The number of carbonyl (C=O) groups is 4. The number of hydrogen-bond acceptors (Lipinski definition) is 8. The predicted molar refractivity (Wildman–Crippen MR) is 101 cm³/mol. The molecule has 1 unspecified atom stereocenters. The molecule has 0 heterocycles. The fourth-order valence-electron chi connectivity index (χ4n) is 2.48. The minimum Gasteiger partial charge on any atom is -0.465 e. The number of hydrogen-bond donors (Lipinski definition) is 0. The highest BCUT2D eigenvalue weighted by Gasteiger charge is 2.44. The van der Waals surface area contributed by atoms with Gasteiger partial charge in [0.25, 0.3) is 0 Å². The van der Waals surface area contributed by atoms with E-state index in [1.54, 1.807) is 41.5 Å². The molecule has 0 aliphatic rings. The number of ether oxygens (including phenoxy) is 4. The van der Waals surface area contributed by atoms with Gasteiger partial charge in [0.15, 0.2) is 11.3 Å². The van der Waals surface area contributed by atoms with Crippen molar-refractivity contribution in [3.63, 3.8) is 0 Å². The van der Waals surface area contributed by atoms with E-state index in [0.717, 1.165) is 0 Å². The number of carbonyl (C=O) groups excluding carboxylic acids is 4. The lowest BCUT2D eigenvalue weighted by Crippen LogP contribution is -2.40. The van der Waals surface area contributed by atoms with E-state index in [9.17, 15) is 19.2 Å². The van der Waals surface area contributed by atoms with E-state index in [0.29, 0.717) is 0 Å². The van der Waals surface area contributed by atoms with Crippen molar-refractivity contribution < 1.29 is 38.1 Å². The lowest BCUT2D eigenvalue weighted by Gasteiger charge is -2.26. The van der Waals surface area contributed by atoms with E-state index in [1.165, 1.54) is 6.92 Å². The van der Waals surface area contributed by atoms with Crippen LogP contribution in [-0.2, 0) is 38.1 Å². The zero-order chi connectivity index (χ0) is 22.0. The van der Waals surface area contributed by atoms with Gasteiger partial charge < -0.3 is 18.9 Å². The standard InChI is InChI=1S/C20H34O8/c1-8-25-15(21)14(16(22)28-19(4,5)6)12-11-13-20(7,17(23)26-9-2)18(24)27-10-3/h14H,8-13H2,1-7H3. The molecule has 0 aliphatic heterocycles. The van der Waals surface area contributed by atoms with E-state index in [-0.39, 0.29) is 39.1 Å². The summed E-state index contributed by atoms with van der Waals surface area (Å²) in [6.45, 7) is 11.8. The highest BCUT2D eigenvalue weighted by atomic mass is 16.6. The third kappa shape index (κ3) is 8.27. The molecule has 0 aromatic heterocycles. The second-order valence-corrected chi connectivity index (χ2v) is 7.50. The molecule has 0 rings (SSSR count). The van der Waals surface area contributed by atoms with Crippen LogP contribution in [0.25, 0.3) is 0 Å². The summed E-state index contributed by atoms with van der Waals surface area (Å²) in [5.41, 5.74) is -2.27. The lowest BCUT2D eigenvalue weighted by atomic mass is 9.83. The van der Waals surface area contributed by atoms with Crippen molar-refractivity contribution in [1.82, 2.24) is 0 Å². The summed E-state index contributed by atoms with van der Waals surface area (Å²) in [5, 5.41) is 0. The molecule has 0 saturated heterocycles. The van der Waals surface area contributed by atoms with Gasteiger partial charge in [-0.25, -0.2) is 0 Å². The van der Waals surface area contributed by atoms with Crippen LogP contribution in [0, 0.1) is 11.3 Å². The van der Waals surface area contributed by atoms with Crippen LogP contribution in [0.2, 0.25) is 0 Å². The predicted octanol–water partition coefficient (Wildman–Crippen LogP) is 2.81. The first-order chi connectivity index (χ1) is 12.9. The van der Waals surface area contributed by atoms with Gasteiger partial charge >= 0.3 is 23.9 Å². The normalized spacial score (nSPS) is 12.7. The minimum absolute atomic E-state index is 0.0589. The summed E-state index contributed by atoms with van der Waals surface area (Å²) < 4.78 is 20.3. The number of rotatable bonds is 11. The lowest BCUT2D eigenvalue weighted by molar-refractivity contribution is -0.171. The van der Waals surface area contributed by atoms with Crippen LogP contribution >= 0.6 is 0 Å². The van der Waals surface area contributed by atoms with Gasteiger partial charge in [-0.3, -0.25) is 19.2 Å². The average molecular weight is 402 g/mol. The van der Waals surface area contributed by atoms with E-state index in [2.05, 4.69) is 0 Å². The van der Waals surface area contributed by atoms with Crippen LogP contribution in [0.4, 0.5) is 0 Å². The monoisotopic (exact) mass is 402 g/mol. The minimum atomic E-state index is -1.51. The molecule has 0 aromatic carbocycles. The maximum absolute atomic E-state index is 12.4. The highest BCUT2D eigenvalue weighted by Crippen LogP contribution is 2.30. The van der Waals surface area contributed by atoms with Crippen LogP contribution in [-0.4, -0.2) is 49.3 Å². The first-order valence-corrected chi connectivity index (χ1v) is 9.66. The van der Waals surface area contributed by atoms with Crippen LogP contribution in [0.15, 0.2) is 0 Å². The number of esters is 4. The van der Waals surface area contributed by atoms with Gasteiger partial charge in [-0.05, 0) is 61.3 Å². The molecule has 0 N–H and O–H groups in total. The second kappa shape index (κ2) is 11.7. The van der Waals surface area contributed by atoms with E-state index < -0.39 is 40.8 Å². The molecule has 0 amide bonds. The molecule has 162 valence electrons. The van der Waals surface area contributed by atoms with Gasteiger partial charge in [-0.15, -0.1) is 0 Å². The van der Waals surface area contributed by atoms with Gasteiger partial charge in [0.2, 0.25) is 0 Å². The summed E-state index contributed by atoms with van der Waals surface area (Å²) in [4.78, 5) is 49.2. The molecule has 28 heavy (non-hydrogen) atoms. The third-order valence-corrected chi connectivity index (χ3v) is 3.88. The molecule has 1 atom stereocenters. The fraction of sp³-hybridized carbons (Fsp3) is 0.800. The van der Waals surface area contributed by atoms with Crippen molar-refractivity contribution in [2.45, 2.75) is 73.3 Å². The largest absolute Gasteiger partial charge is 0.465 e. The maximum atomic E-state index is 12.4. The van der Waals surface area contributed by atoms with Crippen molar-refractivity contribution in [2.24, 2.45) is 11.3 Å². The highest BCUT2D eigenvalue weighted by molar-refractivity contribution is 5.99. The zero-order valence-corrected chi connectivity index (χ0v) is 18.1. The smallest absolute Gasteiger partial charge is 0.323 e. The van der Waals surface area contributed by atoms with Crippen LogP contribution in [0.3, 0.4) is 0 Å². The molecule has 0 bridgehead atoms. The van der Waals surface area contributed by atoms with Gasteiger partial charge in [0, 0.05) is 0 Å². The first-order valence-electron chi connectivity index (χ1n) is 9.66. The molecule has 0 saturated carbocycles. The topological polar surface area (TPSA) is 105 Å². The summed E-state index contributed by atoms with van der Waals surface area (Å²) in [6.07, 6.45) is 0.350. The van der Waals surface area contributed by atoms with Crippen molar-refractivity contribution in [3.05, 3.63) is 0 Å². The zero-order valence-electron chi connectivity index (χ0n) is 18.1.